The number of nitrogens with one attached hydrogen (secondary N) is 1. The van der Waals surface area contributed by atoms with Crippen LogP contribution in [0, 0.1) is 25.2 Å². The molecule has 1 unspecified atom stereocenters. The first-order valence-electron chi connectivity index (χ1n) is 9.18. The molecule has 0 radical (unpaired) electrons. The van der Waals surface area contributed by atoms with Gasteiger partial charge in [0.05, 0.1) is 14.9 Å². The van der Waals surface area contributed by atoms with Crippen LogP contribution < -0.4 is 15.2 Å². The maximum Gasteiger partial charge on any atom is 0.244 e. The van der Waals surface area contributed by atoms with Gasteiger partial charge in [-0.15, -0.1) is 5.10 Å². The van der Waals surface area contributed by atoms with Gasteiger partial charge in [0, 0.05) is 11.3 Å². The highest BCUT2D eigenvalue weighted by atomic mass is 79.9. The smallest absolute Gasteiger partial charge is 0.244 e. The van der Waals surface area contributed by atoms with Gasteiger partial charge in [0.2, 0.25) is 11.8 Å². The van der Waals surface area contributed by atoms with E-state index in [0.29, 0.717) is 23.8 Å². The van der Waals surface area contributed by atoms with Crippen molar-refractivity contribution in [2.75, 3.05) is 0 Å². The van der Waals surface area contributed by atoms with E-state index in [1.165, 1.54) is 5.56 Å². The van der Waals surface area contributed by atoms with Gasteiger partial charge in [-0.05, 0) is 69.0 Å². The zero-order valence-electron chi connectivity index (χ0n) is 16.3. The van der Waals surface area contributed by atoms with Crippen molar-refractivity contribution in [3.8, 4) is 17.7 Å². The van der Waals surface area contributed by atoms with Crippen molar-refractivity contribution < 1.29 is 9.47 Å². The Morgan fingerprint density at radius 1 is 1.20 bits per heavy atom. The van der Waals surface area contributed by atoms with E-state index in [4.69, 9.17) is 15.2 Å². The minimum Gasteiger partial charge on any atom is -0.487 e. The summed E-state index contributed by atoms with van der Waals surface area (Å²) in [6.45, 7) is 4.38. The summed E-state index contributed by atoms with van der Waals surface area (Å²) >= 11 is 7.23. The molecule has 6 nitrogen and oxygen atoms in total. The summed E-state index contributed by atoms with van der Waals surface area (Å²) in [6, 6.07) is 14.3. The number of aryl methyl sites for hydroxylation is 2. The number of aromatic nitrogens is 2. The number of benzene rings is 2. The number of ether oxygens (including phenoxy) is 2. The summed E-state index contributed by atoms with van der Waals surface area (Å²) in [4.78, 5) is 0. The van der Waals surface area contributed by atoms with Crippen molar-refractivity contribution in [3.05, 3.63) is 84.7 Å². The predicted molar refractivity (Wildman–Crippen MR) is 120 cm³/mol. The number of aromatic amines is 1. The van der Waals surface area contributed by atoms with E-state index in [-0.39, 0.29) is 5.88 Å². The molecule has 2 heterocycles. The molecule has 1 aliphatic heterocycles. The first-order chi connectivity index (χ1) is 14.4. The van der Waals surface area contributed by atoms with Crippen molar-refractivity contribution in [1.29, 1.82) is 5.26 Å². The van der Waals surface area contributed by atoms with Crippen LogP contribution in [0.4, 0.5) is 0 Å². The Bertz CT molecular complexity index is 1170. The van der Waals surface area contributed by atoms with Crippen molar-refractivity contribution >= 4 is 31.9 Å². The third kappa shape index (κ3) is 3.71. The molecule has 0 saturated heterocycles. The van der Waals surface area contributed by atoms with E-state index in [9.17, 15) is 5.26 Å². The van der Waals surface area contributed by atoms with Crippen molar-refractivity contribution in [2.45, 2.75) is 26.4 Å². The fraction of sp³-hybridized carbons (Fsp3) is 0.182. The van der Waals surface area contributed by atoms with Crippen LogP contribution in [-0.4, -0.2) is 10.2 Å². The second-order valence-corrected chi connectivity index (χ2v) is 8.79. The van der Waals surface area contributed by atoms with Crippen molar-refractivity contribution in [2.24, 2.45) is 5.73 Å². The number of allylic oxidation sites excluding steroid dienone is 1. The summed E-state index contributed by atoms with van der Waals surface area (Å²) in [6.07, 6.45) is 0. The normalized spacial score (nSPS) is 15.4. The Balaban J connectivity index is 1.70. The van der Waals surface area contributed by atoms with Gasteiger partial charge >= 0.3 is 0 Å². The fourth-order valence-electron chi connectivity index (χ4n) is 3.46. The molecular formula is C22H18Br2N4O2. The van der Waals surface area contributed by atoms with E-state index in [1.54, 1.807) is 0 Å². The summed E-state index contributed by atoms with van der Waals surface area (Å²) in [7, 11) is 0. The average molecular weight is 530 g/mol. The summed E-state index contributed by atoms with van der Waals surface area (Å²) < 4.78 is 13.1. The van der Waals surface area contributed by atoms with Gasteiger partial charge in [0.15, 0.2) is 0 Å². The van der Waals surface area contributed by atoms with Crippen LogP contribution >= 0.6 is 31.9 Å². The number of hydrogen-bond acceptors (Lipinski definition) is 5. The molecule has 0 bridgehead atoms. The van der Waals surface area contributed by atoms with E-state index < -0.39 is 5.92 Å². The van der Waals surface area contributed by atoms with Crippen LogP contribution in [0.15, 0.2) is 56.8 Å². The Morgan fingerprint density at radius 2 is 1.87 bits per heavy atom. The first kappa shape index (κ1) is 20.5. The lowest BCUT2D eigenvalue weighted by molar-refractivity contribution is 0.302. The van der Waals surface area contributed by atoms with Crippen LogP contribution in [0.3, 0.4) is 0 Å². The molecule has 3 aromatic rings. The SMILES string of the molecule is Cc1ccc(COc2c(Br)cc(C3C(C#N)=C(N)Oc4n[nH]c(C)c43)cc2Br)cc1. The lowest BCUT2D eigenvalue weighted by Crippen LogP contribution is -2.21. The Morgan fingerprint density at radius 3 is 2.50 bits per heavy atom. The number of rotatable bonds is 4. The number of H-pyrrole nitrogens is 1. The third-order valence-corrected chi connectivity index (χ3v) is 6.17. The minimum absolute atomic E-state index is 0.0634. The second-order valence-electron chi connectivity index (χ2n) is 7.08. The molecule has 2 aromatic carbocycles. The topological polar surface area (TPSA) is 96.9 Å². The summed E-state index contributed by atoms with van der Waals surface area (Å²) in [5, 5.41) is 16.8. The molecule has 3 N–H and O–H groups in total. The molecule has 0 fully saturated rings. The van der Waals surface area contributed by atoms with Crippen LogP contribution in [-0.2, 0) is 6.61 Å². The molecule has 152 valence electrons. The molecule has 0 spiro atoms. The maximum atomic E-state index is 9.72. The quantitative estimate of drug-likeness (QED) is 0.475. The fourth-order valence-corrected chi connectivity index (χ4v) is 4.91. The Hall–Kier alpha value is -2.76. The van der Waals surface area contributed by atoms with Crippen LogP contribution in [0.25, 0.3) is 0 Å². The van der Waals surface area contributed by atoms with Gasteiger partial charge in [0.1, 0.15) is 24.0 Å². The molecule has 0 saturated carbocycles. The van der Waals surface area contributed by atoms with E-state index in [2.05, 4.69) is 67.2 Å². The highest BCUT2D eigenvalue weighted by Crippen LogP contribution is 2.46. The lowest BCUT2D eigenvalue weighted by Gasteiger charge is -2.24. The van der Waals surface area contributed by atoms with Crippen molar-refractivity contribution in [3.63, 3.8) is 0 Å². The summed E-state index contributed by atoms with van der Waals surface area (Å²) in [5.74, 6) is 0.747. The van der Waals surface area contributed by atoms with E-state index in [1.807, 2.05) is 31.2 Å². The molecule has 1 aliphatic rings. The number of halogens is 2. The number of hydrogen-bond donors (Lipinski definition) is 2. The molecule has 30 heavy (non-hydrogen) atoms. The average Bonchev–Trinajstić information content (AvgIpc) is 3.07. The number of nitriles is 1. The Labute approximate surface area is 190 Å². The van der Waals surface area contributed by atoms with Crippen LogP contribution in [0.2, 0.25) is 0 Å². The van der Waals surface area contributed by atoms with Gasteiger partial charge in [-0.2, -0.15) is 5.26 Å². The largest absolute Gasteiger partial charge is 0.487 e. The molecule has 0 amide bonds. The number of nitrogens with zero attached hydrogens (tertiary/aromatic N) is 2. The molecule has 0 aliphatic carbocycles. The lowest BCUT2D eigenvalue weighted by atomic mass is 9.84. The van der Waals surface area contributed by atoms with Gasteiger partial charge in [0.25, 0.3) is 0 Å². The van der Waals surface area contributed by atoms with E-state index >= 15 is 0 Å². The zero-order valence-corrected chi connectivity index (χ0v) is 19.5. The minimum atomic E-state index is -0.392. The summed E-state index contributed by atoms with van der Waals surface area (Å²) in [5.41, 5.74) is 11.1. The first-order valence-corrected chi connectivity index (χ1v) is 10.8. The van der Waals surface area contributed by atoms with E-state index in [0.717, 1.165) is 31.3 Å². The number of nitrogens with two attached hydrogens (primary N) is 1. The van der Waals surface area contributed by atoms with Crippen LogP contribution in [0.1, 0.15) is 33.9 Å². The molecule has 1 atom stereocenters. The third-order valence-electron chi connectivity index (χ3n) is 4.99. The zero-order chi connectivity index (χ0) is 21.4. The van der Waals surface area contributed by atoms with Gasteiger partial charge in [-0.25, -0.2) is 0 Å². The maximum absolute atomic E-state index is 9.72. The van der Waals surface area contributed by atoms with Crippen molar-refractivity contribution in [1.82, 2.24) is 10.2 Å². The second kappa shape index (κ2) is 8.17. The highest BCUT2D eigenvalue weighted by molar-refractivity contribution is 9.11. The monoisotopic (exact) mass is 528 g/mol. The Kier molecular flexibility index (Phi) is 5.58. The standard InChI is InChI=1S/C22H18Br2N4O2/c1-11-3-5-13(6-4-11)10-29-20-16(23)7-14(8-17(20)24)19-15(9-25)21(26)30-22-18(19)12(2)27-28-22/h3-8,19H,10,26H2,1-2H3,(H,27,28). The highest BCUT2D eigenvalue weighted by Gasteiger charge is 2.34. The van der Waals surface area contributed by atoms with Gasteiger partial charge in [-0.3, -0.25) is 5.10 Å². The molecular weight excluding hydrogens is 512 g/mol. The molecule has 8 heteroatoms. The van der Waals surface area contributed by atoms with Gasteiger partial charge < -0.3 is 15.2 Å². The predicted octanol–water partition coefficient (Wildman–Crippen LogP) is 5.35. The van der Waals surface area contributed by atoms with Crippen LogP contribution in [0.5, 0.6) is 11.6 Å². The molecule has 4 rings (SSSR count). The number of fused-ring (bicyclic) bond motifs is 1. The molecule has 1 aromatic heterocycles. The van der Waals surface area contributed by atoms with Gasteiger partial charge in [-0.1, -0.05) is 29.8 Å².